The number of ether oxygens (including phenoxy) is 2. The number of benzene rings is 1. The smallest absolute Gasteiger partial charge is 0.243 e. The number of nitrogens with two attached hydrogens (primary N) is 1. The predicted molar refractivity (Wildman–Crippen MR) is 106 cm³/mol. The van der Waals surface area contributed by atoms with Crippen molar-refractivity contribution in [3.05, 3.63) is 23.8 Å². The Balaban J connectivity index is 0.00000338. The maximum Gasteiger partial charge on any atom is 0.243 e. The van der Waals surface area contributed by atoms with Crippen LogP contribution in [0.25, 0.3) is 0 Å². The molecule has 8 heteroatoms. The summed E-state index contributed by atoms with van der Waals surface area (Å²) in [7, 11) is -3.48. The molecule has 0 atom stereocenters. The molecular weight excluding hydrogens is 376 g/mol. The predicted octanol–water partition coefficient (Wildman–Crippen LogP) is 2.72. The Morgan fingerprint density at radius 1 is 1.27 bits per heavy atom. The van der Waals surface area contributed by atoms with Crippen LogP contribution in [0.3, 0.4) is 0 Å². The summed E-state index contributed by atoms with van der Waals surface area (Å²) in [6.45, 7) is 7.99. The van der Waals surface area contributed by atoms with E-state index in [9.17, 15) is 8.42 Å². The van der Waals surface area contributed by atoms with Gasteiger partial charge in [0.1, 0.15) is 5.75 Å². The minimum atomic E-state index is -3.48. The van der Waals surface area contributed by atoms with E-state index in [-0.39, 0.29) is 24.6 Å². The molecule has 0 saturated carbocycles. The maximum absolute atomic E-state index is 12.9. The molecule has 0 aliphatic carbocycles. The molecule has 1 aliphatic rings. The molecule has 6 nitrogen and oxygen atoms in total. The van der Waals surface area contributed by atoms with Crippen LogP contribution < -0.4 is 10.5 Å². The van der Waals surface area contributed by atoms with Crippen LogP contribution in [0.15, 0.2) is 23.1 Å². The van der Waals surface area contributed by atoms with Gasteiger partial charge in [0.15, 0.2) is 0 Å². The van der Waals surface area contributed by atoms with Gasteiger partial charge in [-0.15, -0.1) is 12.4 Å². The summed E-state index contributed by atoms with van der Waals surface area (Å²) in [6.07, 6.45) is 2.46. The summed E-state index contributed by atoms with van der Waals surface area (Å²) in [6, 6.07) is 5.06. The van der Waals surface area contributed by atoms with Crippen LogP contribution in [-0.2, 0) is 14.8 Å². The lowest BCUT2D eigenvalue weighted by molar-refractivity contribution is 0.0209. The van der Waals surface area contributed by atoms with Crippen LogP contribution in [0, 0.1) is 6.92 Å². The largest absolute Gasteiger partial charge is 0.491 e. The lowest BCUT2D eigenvalue weighted by atomic mass is 10.1. The maximum atomic E-state index is 12.9. The van der Waals surface area contributed by atoms with Crippen LogP contribution in [0.1, 0.15) is 38.7 Å². The molecular formula is C18H31ClN2O4S. The first-order valence-corrected chi connectivity index (χ1v) is 10.4. The van der Waals surface area contributed by atoms with E-state index < -0.39 is 10.0 Å². The minimum absolute atomic E-state index is 0. The first kappa shape index (κ1) is 23.2. The number of halogens is 1. The molecule has 2 N–H and O–H groups in total. The fraction of sp³-hybridized carbons (Fsp3) is 0.667. The second-order valence-electron chi connectivity index (χ2n) is 6.71. The van der Waals surface area contributed by atoms with Crippen LogP contribution in [-0.4, -0.2) is 51.2 Å². The van der Waals surface area contributed by atoms with Crippen molar-refractivity contribution in [2.45, 2.75) is 57.1 Å². The van der Waals surface area contributed by atoms with Crippen molar-refractivity contribution in [3.8, 4) is 5.75 Å². The quantitative estimate of drug-likeness (QED) is 0.671. The lowest BCUT2D eigenvalue weighted by Gasteiger charge is -2.31. The Bertz CT molecular complexity index is 659. The number of hydrogen-bond donors (Lipinski definition) is 1. The van der Waals surface area contributed by atoms with E-state index in [1.165, 1.54) is 0 Å². The van der Waals surface area contributed by atoms with Gasteiger partial charge < -0.3 is 15.2 Å². The van der Waals surface area contributed by atoms with E-state index in [1.54, 1.807) is 22.5 Å². The summed E-state index contributed by atoms with van der Waals surface area (Å²) in [5.41, 5.74) is 6.29. The van der Waals surface area contributed by atoms with Crippen molar-refractivity contribution in [1.82, 2.24) is 4.31 Å². The van der Waals surface area contributed by atoms with Crippen LogP contribution in [0.4, 0.5) is 0 Å². The normalized spacial score (nSPS) is 16.5. The molecule has 0 radical (unpaired) electrons. The van der Waals surface area contributed by atoms with E-state index in [0.29, 0.717) is 31.1 Å². The van der Waals surface area contributed by atoms with Crippen molar-refractivity contribution in [1.29, 1.82) is 0 Å². The minimum Gasteiger partial charge on any atom is -0.491 e. The molecule has 0 bridgehead atoms. The van der Waals surface area contributed by atoms with Gasteiger partial charge in [-0.1, -0.05) is 0 Å². The van der Waals surface area contributed by atoms with E-state index in [0.717, 1.165) is 30.6 Å². The van der Waals surface area contributed by atoms with Gasteiger partial charge in [-0.2, -0.15) is 4.31 Å². The Hall–Kier alpha value is -0.860. The summed E-state index contributed by atoms with van der Waals surface area (Å²) >= 11 is 0. The third-order valence-corrected chi connectivity index (χ3v) is 6.14. The van der Waals surface area contributed by atoms with Gasteiger partial charge in [-0.05, 0) is 70.3 Å². The topological polar surface area (TPSA) is 81.9 Å². The highest BCUT2D eigenvalue weighted by Crippen LogP contribution is 2.27. The molecule has 0 aromatic heterocycles. The average molecular weight is 407 g/mol. The zero-order valence-electron chi connectivity index (χ0n) is 15.8. The molecule has 1 aromatic rings. The van der Waals surface area contributed by atoms with Gasteiger partial charge in [0.2, 0.25) is 10.0 Å². The van der Waals surface area contributed by atoms with Gasteiger partial charge in [-0.25, -0.2) is 8.42 Å². The molecule has 26 heavy (non-hydrogen) atoms. The van der Waals surface area contributed by atoms with Gasteiger partial charge in [0.25, 0.3) is 0 Å². The lowest BCUT2D eigenvalue weighted by Crippen LogP contribution is -2.41. The summed E-state index contributed by atoms with van der Waals surface area (Å²) in [5, 5.41) is 0. The molecule has 1 aromatic carbocycles. The molecule has 0 amide bonds. The summed E-state index contributed by atoms with van der Waals surface area (Å²) in [5.74, 6) is 0.723. The summed E-state index contributed by atoms with van der Waals surface area (Å²) in [4.78, 5) is 0.323. The first-order valence-electron chi connectivity index (χ1n) is 8.93. The standard InChI is InChI=1S/C18H30N2O4S.ClH/c1-14(2)24-18-6-5-17(13-15(18)3)25(21,22)20-10-7-16(8-11-20)23-12-4-9-19;/h5-6,13-14,16H,4,7-12,19H2,1-3H3;1H. The van der Waals surface area contributed by atoms with Crippen LogP contribution in [0.5, 0.6) is 5.75 Å². The summed E-state index contributed by atoms with van der Waals surface area (Å²) < 4.78 is 38.7. The number of sulfonamides is 1. The highest BCUT2D eigenvalue weighted by molar-refractivity contribution is 7.89. The number of rotatable bonds is 8. The third kappa shape index (κ3) is 6.09. The Morgan fingerprint density at radius 3 is 2.46 bits per heavy atom. The molecule has 0 unspecified atom stereocenters. The Labute approximate surface area is 163 Å². The number of hydrogen-bond acceptors (Lipinski definition) is 5. The van der Waals surface area contributed by atoms with Gasteiger partial charge in [0, 0.05) is 19.7 Å². The van der Waals surface area contributed by atoms with E-state index in [4.69, 9.17) is 15.2 Å². The molecule has 1 fully saturated rings. The van der Waals surface area contributed by atoms with E-state index in [1.807, 2.05) is 20.8 Å². The molecule has 1 heterocycles. The average Bonchev–Trinajstić information content (AvgIpc) is 2.57. The van der Waals surface area contributed by atoms with Gasteiger partial charge in [-0.3, -0.25) is 0 Å². The second kappa shape index (κ2) is 10.5. The van der Waals surface area contributed by atoms with Crippen LogP contribution in [0.2, 0.25) is 0 Å². The molecule has 1 saturated heterocycles. The molecule has 2 rings (SSSR count). The number of aryl methyl sites for hydroxylation is 1. The first-order chi connectivity index (χ1) is 11.8. The van der Waals surface area contributed by atoms with Crippen molar-refractivity contribution < 1.29 is 17.9 Å². The Kier molecular flexibility index (Phi) is 9.33. The molecule has 0 spiro atoms. The van der Waals surface area contributed by atoms with Crippen LogP contribution >= 0.6 is 12.4 Å². The number of nitrogens with zero attached hydrogens (tertiary/aromatic N) is 1. The SMILES string of the molecule is Cc1cc(S(=O)(=O)N2CCC(OCCCN)CC2)ccc1OC(C)C.Cl. The van der Waals surface area contributed by atoms with E-state index in [2.05, 4.69) is 0 Å². The van der Waals surface area contributed by atoms with E-state index >= 15 is 0 Å². The number of piperidine rings is 1. The zero-order valence-corrected chi connectivity index (χ0v) is 17.4. The van der Waals surface area contributed by atoms with Crippen molar-refractivity contribution >= 4 is 22.4 Å². The van der Waals surface area contributed by atoms with Crippen molar-refractivity contribution in [2.24, 2.45) is 5.73 Å². The van der Waals surface area contributed by atoms with Gasteiger partial charge >= 0.3 is 0 Å². The molecule has 150 valence electrons. The zero-order chi connectivity index (χ0) is 18.4. The van der Waals surface area contributed by atoms with Gasteiger partial charge in [0.05, 0.1) is 17.1 Å². The second-order valence-corrected chi connectivity index (χ2v) is 8.65. The fourth-order valence-corrected chi connectivity index (χ4v) is 4.45. The monoisotopic (exact) mass is 406 g/mol. The van der Waals surface area contributed by atoms with Crippen molar-refractivity contribution in [2.75, 3.05) is 26.2 Å². The fourth-order valence-electron chi connectivity index (χ4n) is 2.89. The highest BCUT2D eigenvalue weighted by atomic mass is 35.5. The Morgan fingerprint density at radius 2 is 1.92 bits per heavy atom. The third-order valence-electron chi connectivity index (χ3n) is 4.25. The molecule has 1 aliphatic heterocycles. The highest BCUT2D eigenvalue weighted by Gasteiger charge is 2.30. The van der Waals surface area contributed by atoms with Crippen molar-refractivity contribution in [3.63, 3.8) is 0 Å².